The van der Waals surface area contributed by atoms with Crippen molar-refractivity contribution in [3.63, 3.8) is 0 Å². The van der Waals surface area contributed by atoms with E-state index in [4.69, 9.17) is 4.42 Å². The summed E-state index contributed by atoms with van der Waals surface area (Å²) in [5.41, 5.74) is 29.3. The Kier molecular flexibility index (Phi) is 6.85. The first-order chi connectivity index (χ1) is 19.1. The van der Waals surface area contributed by atoms with Crippen molar-refractivity contribution in [3.05, 3.63) is 89.0 Å². The Morgan fingerprint density at radius 3 is 0.683 bits per heavy atom. The fraction of sp³-hybridized carbons (Fsp3) is 0.400. The van der Waals surface area contributed by atoms with Crippen LogP contribution in [0.4, 0.5) is 0 Å². The van der Waals surface area contributed by atoms with E-state index >= 15 is 0 Å². The molecule has 214 valence electrons. The van der Waals surface area contributed by atoms with Gasteiger partial charge in [-0.1, -0.05) is 0 Å². The van der Waals surface area contributed by atoms with Crippen molar-refractivity contribution < 1.29 is 4.42 Å². The van der Waals surface area contributed by atoms with Gasteiger partial charge in [-0.3, -0.25) is 0 Å². The summed E-state index contributed by atoms with van der Waals surface area (Å²) in [4.78, 5) is 0. The van der Waals surface area contributed by atoms with Gasteiger partial charge in [0.25, 0.3) is 0 Å². The van der Waals surface area contributed by atoms with Crippen LogP contribution >= 0.6 is 0 Å². The Morgan fingerprint density at radius 2 is 0.415 bits per heavy atom. The van der Waals surface area contributed by atoms with Crippen LogP contribution in [0.3, 0.4) is 0 Å². The van der Waals surface area contributed by atoms with Gasteiger partial charge in [-0.15, -0.1) is 0 Å². The molecule has 1 nitrogen and oxygen atoms in total. The Hall–Kier alpha value is -3.32. The summed E-state index contributed by atoms with van der Waals surface area (Å²) in [5.74, 6) is 0. The topological polar surface area (TPSA) is 13.1 Å². The fourth-order valence-corrected chi connectivity index (χ4v) is 7.71. The van der Waals surface area contributed by atoms with Crippen LogP contribution in [-0.4, -0.2) is 0 Å². The summed E-state index contributed by atoms with van der Waals surface area (Å²) in [6.45, 7) is 36.5. The van der Waals surface area contributed by atoms with Gasteiger partial charge in [0, 0.05) is 21.9 Å². The average molecular weight is 545 g/mol. The van der Waals surface area contributed by atoms with E-state index in [-0.39, 0.29) is 0 Å². The minimum Gasteiger partial charge on any atom is -0.455 e. The molecule has 0 aliphatic carbocycles. The van der Waals surface area contributed by atoms with Crippen molar-refractivity contribution in [2.45, 2.75) is 111 Å². The first-order valence-corrected chi connectivity index (χ1v) is 15.2. The van der Waals surface area contributed by atoms with Crippen LogP contribution in [0.1, 0.15) is 89.0 Å². The van der Waals surface area contributed by atoms with E-state index in [1.807, 2.05) is 0 Å². The van der Waals surface area contributed by atoms with Crippen LogP contribution in [-0.2, 0) is 0 Å². The molecule has 1 heteroatoms. The third kappa shape index (κ3) is 3.73. The molecule has 5 aromatic rings. The highest BCUT2D eigenvalue weighted by atomic mass is 16.3. The molecule has 0 N–H and O–H groups in total. The molecule has 0 atom stereocenters. The van der Waals surface area contributed by atoms with Gasteiger partial charge in [-0.25, -0.2) is 0 Å². The lowest BCUT2D eigenvalue weighted by atomic mass is 9.80. The molecule has 0 saturated carbocycles. The molecule has 1 aromatic heterocycles. The van der Waals surface area contributed by atoms with Crippen LogP contribution in [0.25, 0.3) is 44.2 Å². The van der Waals surface area contributed by atoms with Crippen molar-refractivity contribution >= 4 is 21.9 Å². The number of rotatable bonds is 2. The lowest BCUT2D eigenvalue weighted by Crippen LogP contribution is -2.03. The summed E-state index contributed by atoms with van der Waals surface area (Å²) in [7, 11) is 0. The van der Waals surface area contributed by atoms with Gasteiger partial charge in [0.2, 0.25) is 0 Å². The number of benzene rings is 4. The first kappa shape index (κ1) is 29.2. The lowest BCUT2D eigenvalue weighted by Gasteiger charge is -2.23. The van der Waals surface area contributed by atoms with Crippen molar-refractivity contribution in [3.8, 4) is 22.3 Å². The summed E-state index contributed by atoms with van der Waals surface area (Å²) in [6.07, 6.45) is 0. The zero-order valence-corrected chi connectivity index (χ0v) is 28.4. The first-order valence-electron chi connectivity index (χ1n) is 15.2. The summed E-state index contributed by atoms with van der Waals surface area (Å²) in [6, 6.07) is 0. The molecule has 41 heavy (non-hydrogen) atoms. The molecule has 5 rings (SSSR count). The minimum absolute atomic E-state index is 1.04. The maximum atomic E-state index is 7.04. The summed E-state index contributed by atoms with van der Waals surface area (Å²) < 4.78 is 7.04. The standard InChI is InChI=1S/C40H48O/c1-17-19(3)23(7)33(24(8)20(17)4)35-27(11)29(13)37-38-30(14)28(12)36(32(16)40(38)41-39(37)31(35)15)34-25(9)21(5)18(2)22(6)26(34)10/h1-16H3. The zero-order valence-electron chi connectivity index (χ0n) is 28.4. The van der Waals surface area contributed by atoms with Crippen LogP contribution in [0.2, 0.25) is 0 Å². The van der Waals surface area contributed by atoms with Gasteiger partial charge in [-0.05, 0) is 211 Å². The highest BCUT2D eigenvalue weighted by Gasteiger charge is 2.27. The van der Waals surface area contributed by atoms with E-state index in [0.29, 0.717) is 0 Å². The average Bonchev–Trinajstić information content (AvgIpc) is 3.35. The molecule has 0 amide bonds. The molecule has 4 aromatic carbocycles. The van der Waals surface area contributed by atoms with Crippen LogP contribution in [0, 0.1) is 111 Å². The molecule has 0 aliphatic heterocycles. The number of aryl methyl sites for hydroxylation is 4. The Labute approximate surface area is 248 Å². The fourth-order valence-electron chi connectivity index (χ4n) is 7.71. The number of hydrogen-bond donors (Lipinski definition) is 0. The molecule has 0 spiro atoms. The SMILES string of the molecule is Cc1c(C)c(C)c(-c2c(C)c(C)c3c(oc4c(C)c(-c5c(C)c(C)c(C)c(C)c5C)c(C)c(C)c43)c2C)c(C)c1C. The predicted octanol–water partition coefficient (Wildman–Crippen LogP) is 11.9. The van der Waals surface area contributed by atoms with E-state index in [2.05, 4.69) is 111 Å². The summed E-state index contributed by atoms with van der Waals surface area (Å²) in [5, 5.41) is 2.57. The smallest absolute Gasteiger partial charge is 0.139 e. The van der Waals surface area contributed by atoms with Gasteiger partial charge >= 0.3 is 0 Å². The summed E-state index contributed by atoms with van der Waals surface area (Å²) >= 11 is 0. The largest absolute Gasteiger partial charge is 0.455 e. The Bertz CT molecular complexity index is 1770. The molecule has 1 heterocycles. The van der Waals surface area contributed by atoms with Crippen molar-refractivity contribution in [1.29, 1.82) is 0 Å². The van der Waals surface area contributed by atoms with Gasteiger partial charge < -0.3 is 4.42 Å². The quantitative estimate of drug-likeness (QED) is 0.215. The molecule has 0 radical (unpaired) electrons. The molecule has 0 saturated heterocycles. The molecule has 0 unspecified atom stereocenters. The van der Waals surface area contributed by atoms with Crippen LogP contribution in [0.15, 0.2) is 4.42 Å². The number of fused-ring (bicyclic) bond motifs is 3. The Morgan fingerprint density at radius 1 is 0.220 bits per heavy atom. The molecule has 0 fully saturated rings. The second-order valence-electron chi connectivity index (χ2n) is 13.0. The van der Waals surface area contributed by atoms with Crippen molar-refractivity contribution in [2.75, 3.05) is 0 Å². The highest BCUT2D eigenvalue weighted by molar-refractivity contribution is 6.14. The predicted molar refractivity (Wildman–Crippen MR) is 180 cm³/mol. The van der Waals surface area contributed by atoms with Gasteiger partial charge in [0.15, 0.2) is 0 Å². The monoisotopic (exact) mass is 544 g/mol. The normalized spacial score (nSPS) is 11.9. The van der Waals surface area contributed by atoms with E-state index in [0.717, 1.165) is 11.2 Å². The van der Waals surface area contributed by atoms with Gasteiger partial charge in [0.05, 0.1) is 0 Å². The lowest BCUT2D eigenvalue weighted by molar-refractivity contribution is 0.662. The molecule has 0 bridgehead atoms. The third-order valence-corrected chi connectivity index (χ3v) is 11.5. The minimum atomic E-state index is 1.04. The van der Waals surface area contributed by atoms with E-state index in [9.17, 15) is 0 Å². The van der Waals surface area contributed by atoms with Crippen LogP contribution < -0.4 is 0 Å². The second-order valence-corrected chi connectivity index (χ2v) is 13.0. The Balaban J connectivity index is 1.97. The van der Waals surface area contributed by atoms with Crippen molar-refractivity contribution in [1.82, 2.24) is 0 Å². The second kappa shape index (κ2) is 9.62. The van der Waals surface area contributed by atoms with Crippen LogP contribution in [0.5, 0.6) is 0 Å². The zero-order chi connectivity index (χ0) is 30.6. The highest BCUT2D eigenvalue weighted by Crippen LogP contribution is 2.48. The van der Waals surface area contributed by atoms with Gasteiger partial charge in [-0.2, -0.15) is 0 Å². The third-order valence-electron chi connectivity index (χ3n) is 11.5. The molecular formula is C40H48O. The molecular weight excluding hydrogens is 496 g/mol. The maximum absolute atomic E-state index is 7.04. The number of furan rings is 1. The van der Waals surface area contributed by atoms with E-state index in [1.165, 1.54) is 122 Å². The number of hydrogen-bond acceptors (Lipinski definition) is 1. The van der Waals surface area contributed by atoms with E-state index in [1.54, 1.807) is 0 Å². The molecule has 0 aliphatic rings. The van der Waals surface area contributed by atoms with Gasteiger partial charge in [0.1, 0.15) is 11.2 Å². The maximum Gasteiger partial charge on any atom is 0.139 e. The van der Waals surface area contributed by atoms with E-state index < -0.39 is 0 Å². The van der Waals surface area contributed by atoms with Crippen molar-refractivity contribution in [2.24, 2.45) is 0 Å².